The summed E-state index contributed by atoms with van der Waals surface area (Å²) in [7, 11) is 0. The number of benzene rings is 5. The zero-order chi connectivity index (χ0) is 25.9. The van der Waals surface area contributed by atoms with E-state index in [1.165, 1.54) is 10.3 Å². The standard InChI is InChI=1S/C34H19ClN2OS/c35-23-16-17-24-28(19-23)38-27-14-7-13-26(30(24)27)34-36-31(33-32(37-34)25-12-4-5-15-29(25)39-33)22-11-6-10-21(18-22)20-8-2-1-3-9-20/h1-19H. The minimum Gasteiger partial charge on any atom is -0.456 e. The van der Waals surface area contributed by atoms with Gasteiger partial charge in [0.05, 0.1) is 15.9 Å². The lowest BCUT2D eigenvalue weighted by Gasteiger charge is -2.10. The highest BCUT2D eigenvalue weighted by atomic mass is 35.5. The van der Waals surface area contributed by atoms with Crippen LogP contribution >= 0.6 is 22.9 Å². The van der Waals surface area contributed by atoms with Gasteiger partial charge in [-0.1, -0.05) is 90.5 Å². The largest absolute Gasteiger partial charge is 0.456 e. The highest BCUT2D eigenvalue weighted by molar-refractivity contribution is 7.26. The molecule has 0 aliphatic heterocycles. The average Bonchev–Trinajstić information content (AvgIpc) is 3.55. The first kappa shape index (κ1) is 22.5. The van der Waals surface area contributed by atoms with Crippen LogP contribution in [0.4, 0.5) is 0 Å². The van der Waals surface area contributed by atoms with Crippen LogP contribution in [-0.2, 0) is 0 Å². The summed E-state index contributed by atoms with van der Waals surface area (Å²) in [5.74, 6) is 0.675. The number of hydrogen-bond donors (Lipinski definition) is 0. The molecule has 0 spiro atoms. The van der Waals surface area contributed by atoms with Crippen LogP contribution in [0.5, 0.6) is 0 Å². The van der Waals surface area contributed by atoms with E-state index in [1.807, 2.05) is 36.4 Å². The van der Waals surface area contributed by atoms with Gasteiger partial charge < -0.3 is 4.42 Å². The molecule has 0 saturated heterocycles. The van der Waals surface area contributed by atoms with Gasteiger partial charge in [-0.05, 0) is 41.5 Å². The molecule has 0 unspecified atom stereocenters. The van der Waals surface area contributed by atoms with Crippen molar-refractivity contribution < 1.29 is 4.42 Å². The predicted octanol–water partition coefficient (Wildman–Crippen LogP) is 10.4. The number of halogens is 1. The fourth-order valence-electron chi connectivity index (χ4n) is 5.37. The van der Waals surface area contributed by atoms with E-state index < -0.39 is 0 Å². The molecule has 0 aliphatic rings. The van der Waals surface area contributed by atoms with Crippen LogP contribution in [0, 0.1) is 0 Å². The number of fused-ring (bicyclic) bond motifs is 6. The molecular formula is C34H19ClN2OS. The zero-order valence-electron chi connectivity index (χ0n) is 20.6. The second-order valence-electron chi connectivity index (χ2n) is 9.54. The lowest BCUT2D eigenvalue weighted by Crippen LogP contribution is -1.94. The van der Waals surface area contributed by atoms with Crippen LogP contribution in [0.3, 0.4) is 0 Å². The molecule has 0 aliphatic carbocycles. The minimum atomic E-state index is 0.645. The van der Waals surface area contributed by atoms with Crippen molar-refractivity contribution in [3.05, 3.63) is 120 Å². The molecule has 0 amide bonds. The van der Waals surface area contributed by atoms with Crippen molar-refractivity contribution in [1.29, 1.82) is 0 Å². The third-order valence-electron chi connectivity index (χ3n) is 7.16. The Hall–Kier alpha value is -4.51. The molecule has 0 saturated carbocycles. The maximum absolute atomic E-state index is 6.27. The fraction of sp³-hybridized carbons (Fsp3) is 0. The Labute approximate surface area is 233 Å². The summed E-state index contributed by atoms with van der Waals surface area (Å²) in [6.07, 6.45) is 0. The van der Waals surface area contributed by atoms with Crippen LogP contribution in [-0.4, -0.2) is 9.97 Å². The molecule has 0 atom stereocenters. The lowest BCUT2D eigenvalue weighted by atomic mass is 10.0. The van der Waals surface area contributed by atoms with Gasteiger partial charge in [-0.2, -0.15) is 0 Å². The molecule has 0 N–H and O–H groups in total. The van der Waals surface area contributed by atoms with Crippen LogP contribution in [0.15, 0.2) is 120 Å². The minimum absolute atomic E-state index is 0.645. The number of hydrogen-bond acceptors (Lipinski definition) is 4. The molecule has 3 nitrogen and oxygen atoms in total. The molecule has 8 aromatic rings. The Morgan fingerprint density at radius 1 is 0.615 bits per heavy atom. The third kappa shape index (κ3) is 3.64. The van der Waals surface area contributed by atoms with Crippen molar-refractivity contribution in [2.24, 2.45) is 0 Å². The number of furan rings is 1. The zero-order valence-corrected chi connectivity index (χ0v) is 22.1. The smallest absolute Gasteiger partial charge is 0.161 e. The summed E-state index contributed by atoms with van der Waals surface area (Å²) in [6.45, 7) is 0. The topological polar surface area (TPSA) is 38.9 Å². The number of thiophene rings is 1. The molecular weight excluding hydrogens is 520 g/mol. The first-order chi connectivity index (χ1) is 19.2. The summed E-state index contributed by atoms with van der Waals surface area (Å²) >= 11 is 8.01. The van der Waals surface area contributed by atoms with Crippen molar-refractivity contribution in [1.82, 2.24) is 9.97 Å². The van der Waals surface area contributed by atoms with Crippen LogP contribution in [0.1, 0.15) is 0 Å². The van der Waals surface area contributed by atoms with Gasteiger partial charge in [0.25, 0.3) is 0 Å². The summed E-state index contributed by atoms with van der Waals surface area (Å²) in [5.41, 5.74) is 7.77. The van der Waals surface area contributed by atoms with E-state index in [2.05, 4.69) is 78.9 Å². The van der Waals surface area contributed by atoms with Crippen molar-refractivity contribution in [2.45, 2.75) is 0 Å². The number of aromatic nitrogens is 2. The van der Waals surface area contributed by atoms with Crippen molar-refractivity contribution in [3.63, 3.8) is 0 Å². The van der Waals surface area contributed by atoms with E-state index in [4.69, 9.17) is 26.0 Å². The van der Waals surface area contributed by atoms with E-state index in [0.717, 1.165) is 59.9 Å². The van der Waals surface area contributed by atoms with Crippen LogP contribution in [0.2, 0.25) is 5.02 Å². The second-order valence-corrected chi connectivity index (χ2v) is 11.0. The first-order valence-corrected chi connectivity index (χ1v) is 13.9. The molecule has 0 bridgehead atoms. The Bertz CT molecular complexity index is 2200. The summed E-state index contributed by atoms with van der Waals surface area (Å²) < 4.78 is 8.46. The van der Waals surface area contributed by atoms with Crippen molar-refractivity contribution >= 4 is 65.2 Å². The number of rotatable bonds is 3. The van der Waals surface area contributed by atoms with Crippen molar-refractivity contribution in [3.8, 4) is 33.8 Å². The van der Waals surface area contributed by atoms with Gasteiger partial charge in [0, 0.05) is 43.1 Å². The van der Waals surface area contributed by atoms with E-state index >= 15 is 0 Å². The maximum atomic E-state index is 6.27. The Kier molecular flexibility index (Phi) is 5.05. The van der Waals surface area contributed by atoms with Gasteiger partial charge >= 0.3 is 0 Å². The molecule has 39 heavy (non-hydrogen) atoms. The van der Waals surface area contributed by atoms with E-state index in [-0.39, 0.29) is 0 Å². The molecule has 0 radical (unpaired) electrons. The SMILES string of the molecule is Clc1ccc2c(c1)oc1cccc(-c3nc(-c4cccc(-c5ccccc5)c4)c4sc5ccccc5c4n3)c12. The Morgan fingerprint density at radius 2 is 1.41 bits per heavy atom. The van der Waals surface area contributed by atoms with Crippen LogP contribution < -0.4 is 0 Å². The molecule has 0 fully saturated rings. The molecule has 5 heteroatoms. The summed E-state index contributed by atoms with van der Waals surface area (Å²) in [5, 5.41) is 3.77. The summed E-state index contributed by atoms with van der Waals surface area (Å²) in [4.78, 5) is 10.4. The second kappa shape index (κ2) is 8.77. The maximum Gasteiger partial charge on any atom is 0.161 e. The van der Waals surface area contributed by atoms with Gasteiger partial charge in [0.15, 0.2) is 5.82 Å². The first-order valence-electron chi connectivity index (χ1n) is 12.7. The highest BCUT2D eigenvalue weighted by Crippen LogP contribution is 2.42. The van der Waals surface area contributed by atoms with Gasteiger partial charge in [-0.3, -0.25) is 0 Å². The molecule has 3 aromatic heterocycles. The van der Waals surface area contributed by atoms with Gasteiger partial charge in [-0.15, -0.1) is 11.3 Å². The van der Waals surface area contributed by atoms with Gasteiger partial charge in [-0.25, -0.2) is 9.97 Å². The average molecular weight is 539 g/mol. The molecule has 8 rings (SSSR count). The van der Waals surface area contributed by atoms with Gasteiger partial charge in [0.2, 0.25) is 0 Å². The molecule has 3 heterocycles. The highest BCUT2D eigenvalue weighted by Gasteiger charge is 2.20. The van der Waals surface area contributed by atoms with E-state index in [1.54, 1.807) is 11.3 Å². The van der Waals surface area contributed by atoms with E-state index in [0.29, 0.717) is 10.8 Å². The molecule has 184 valence electrons. The van der Waals surface area contributed by atoms with Crippen molar-refractivity contribution in [2.75, 3.05) is 0 Å². The Balaban J connectivity index is 1.44. The normalized spacial score (nSPS) is 11.7. The van der Waals surface area contributed by atoms with Crippen LogP contribution in [0.25, 0.3) is 76.0 Å². The quantitative estimate of drug-likeness (QED) is 0.224. The fourth-order valence-corrected chi connectivity index (χ4v) is 6.69. The Morgan fingerprint density at radius 3 is 2.33 bits per heavy atom. The summed E-state index contributed by atoms with van der Waals surface area (Å²) in [6, 6.07) is 39.3. The lowest BCUT2D eigenvalue weighted by molar-refractivity contribution is 0.669. The monoisotopic (exact) mass is 538 g/mol. The van der Waals surface area contributed by atoms with E-state index in [9.17, 15) is 0 Å². The third-order valence-corrected chi connectivity index (χ3v) is 8.56. The predicted molar refractivity (Wildman–Crippen MR) is 164 cm³/mol. The molecule has 5 aromatic carbocycles. The van der Waals surface area contributed by atoms with Gasteiger partial charge in [0.1, 0.15) is 11.2 Å². The number of nitrogens with zero attached hydrogens (tertiary/aromatic N) is 2.